The molecule has 0 radical (unpaired) electrons. The number of thioether (sulfide) groups is 1. The summed E-state index contributed by atoms with van der Waals surface area (Å²) in [6.07, 6.45) is 3.05. The van der Waals surface area contributed by atoms with Crippen molar-refractivity contribution in [1.29, 1.82) is 0 Å². The molecule has 2 rings (SSSR count). The number of nitrogens with zero attached hydrogens (tertiary/aromatic N) is 2. The molecule has 2 N–H and O–H groups in total. The van der Waals surface area contributed by atoms with Crippen LogP contribution in [0.2, 0.25) is 0 Å². The third-order valence-corrected chi connectivity index (χ3v) is 4.88. The second kappa shape index (κ2) is 7.66. The van der Waals surface area contributed by atoms with Crippen LogP contribution in [0, 0.1) is 6.92 Å². The number of rotatable bonds is 7. The molecule has 114 valence electrons. The minimum atomic E-state index is 0.207. The fraction of sp³-hybridized carbons (Fsp3) is 0.471. The summed E-state index contributed by atoms with van der Waals surface area (Å²) in [6.45, 7) is 6.44. The van der Waals surface area contributed by atoms with E-state index < -0.39 is 0 Å². The van der Waals surface area contributed by atoms with Crippen molar-refractivity contribution in [2.75, 3.05) is 5.75 Å². The molecule has 0 fully saturated rings. The molecule has 21 heavy (non-hydrogen) atoms. The van der Waals surface area contributed by atoms with Crippen LogP contribution < -0.4 is 5.73 Å². The van der Waals surface area contributed by atoms with E-state index in [1.54, 1.807) is 0 Å². The van der Waals surface area contributed by atoms with Gasteiger partial charge in [0.25, 0.3) is 0 Å². The maximum Gasteiger partial charge on any atom is 0.103 e. The van der Waals surface area contributed by atoms with Crippen molar-refractivity contribution >= 4 is 11.8 Å². The van der Waals surface area contributed by atoms with Crippen molar-refractivity contribution in [3.8, 4) is 5.69 Å². The fourth-order valence-corrected chi connectivity index (χ4v) is 3.34. The van der Waals surface area contributed by atoms with Crippen molar-refractivity contribution in [1.82, 2.24) is 9.78 Å². The van der Waals surface area contributed by atoms with Gasteiger partial charge in [-0.25, -0.2) is 4.68 Å². The lowest BCUT2D eigenvalue weighted by atomic mass is 10.1. The first-order valence-corrected chi connectivity index (χ1v) is 8.68. The van der Waals surface area contributed by atoms with Crippen LogP contribution in [0.4, 0.5) is 0 Å². The van der Waals surface area contributed by atoms with Gasteiger partial charge in [0.05, 0.1) is 11.4 Å². The first kappa shape index (κ1) is 16.1. The Hall–Kier alpha value is -1.26. The third-order valence-electron chi connectivity index (χ3n) is 3.57. The van der Waals surface area contributed by atoms with Gasteiger partial charge in [-0.05, 0) is 44.1 Å². The van der Waals surface area contributed by atoms with Crippen molar-refractivity contribution in [3.63, 3.8) is 0 Å². The molecular weight excluding hydrogens is 278 g/mol. The van der Waals surface area contributed by atoms with Crippen LogP contribution in [-0.4, -0.2) is 21.6 Å². The van der Waals surface area contributed by atoms with Gasteiger partial charge >= 0.3 is 0 Å². The second-order valence-corrected chi connectivity index (χ2v) is 6.42. The first-order valence-electron chi connectivity index (χ1n) is 7.69. The number of aryl methyl sites for hydroxylation is 1. The number of benzene rings is 1. The van der Waals surface area contributed by atoms with Gasteiger partial charge in [0.15, 0.2) is 0 Å². The Bertz CT molecular complexity index is 563. The summed E-state index contributed by atoms with van der Waals surface area (Å²) in [5.41, 5.74) is 9.70. The molecule has 1 aromatic heterocycles. The van der Waals surface area contributed by atoms with E-state index in [9.17, 15) is 0 Å². The first-order chi connectivity index (χ1) is 10.2. The van der Waals surface area contributed by atoms with E-state index in [0.717, 1.165) is 36.4 Å². The highest BCUT2D eigenvalue weighted by molar-refractivity contribution is 7.99. The van der Waals surface area contributed by atoms with Crippen molar-refractivity contribution in [2.24, 2.45) is 5.73 Å². The zero-order chi connectivity index (χ0) is 15.2. The van der Waals surface area contributed by atoms with Gasteiger partial charge in [0, 0.05) is 11.6 Å². The summed E-state index contributed by atoms with van der Waals surface area (Å²) in [5, 5.41) is 6.02. The largest absolute Gasteiger partial charge is 0.327 e. The van der Waals surface area contributed by atoms with E-state index in [-0.39, 0.29) is 6.04 Å². The van der Waals surface area contributed by atoms with Crippen LogP contribution >= 0.6 is 11.8 Å². The number of para-hydroxylation sites is 1. The summed E-state index contributed by atoms with van der Waals surface area (Å²) in [5.74, 6) is 1.10. The SMILES string of the molecule is CCCSc1c(CC(N)CC)c(C)nn1-c1ccccc1. The molecule has 0 aliphatic heterocycles. The predicted octanol–water partition coefficient (Wildman–Crippen LogP) is 3.96. The fourth-order valence-electron chi connectivity index (χ4n) is 2.27. The highest BCUT2D eigenvalue weighted by atomic mass is 32.2. The van der Waals surface area contributed by atoms with Crippen molar-refractivity contribution < 1.29 is 0 Å². The van der Waals surface area contributed by atoms with Crippen molar-refractivity contribution in [3.05, 3.63) is 41.6 Å². The summed E-state index contributed by atoms with van der Waals surface area (Å²) in [7, 11) is 0. The Balaban J connectivity index is 2.42. The van der Waals surface area contributed by atoms with E-state index in [1.165, 1.54) is 10.6 Å². The second-order valence-electron chi connectivity index (χ2n) is 5.34. The predicted molar refractivity (Wildman–Crippen MR) is 91.3 cm³/mol. The van der Waals surface area contributed by atoms with E-state index in [1.807, 2.05) is 17.8 Å². The molecule has 0 bridgehead atoms. The monoisotopic (exact) mass is 303 g/mol. The average Bonchev–Trinajstić information content (AvgIpc) is 2.82. The Morgan fingerprint density at radius 1 is 1.24 bits per heavy atom. The maximum atomic E-state index is 6.17. The molecule has 0 saturated heterocycles. The van der Waals surface area contributed by atoms with Crippen molar-refractivity contribution in [2.45, 2.75) is 51.1 Å². The molecule has 0 aliphatic carbocycles. The van der Waals surface area contributed by atoms with E-state index in [4.69, 9.17) is 10.8 Å². The van der Waals surface area contributed by atoms with Gasteiger partial charge < -0.3 is 5.73 Å². The number of hydrogen-bond acceptors (Lipinski definition) is 3. The number of aromatic nitrogens is 2. The number of hydrogen-bond donors (Lipinski definition) is 1. The molecule has 1 unspecified atom stereocenters. The summed E-state index contributed by atoms with van der Waals surface area (Å²) >= 11 is 1.89. The maximum absolute atomic E-state index is 6.17. The molecule has 0 aliphatic rings. The van der Waals surface area contributed by atoms with E-state index in [2.05, 4.69) is 49.7 Å². The average molecular weight is 303 g/mol. The zero-order valence-electron chi connectivity index (χ0n) is 13.2. The number of nitrogens with two attached hydrogens (primary N) is 1. The summed E-state index contributed by atoms with van der Waals surface area (Å²) in [6, 6.07) is 10.6. The van der Waals surface area contributed by atoms with E-state index in [0.29, 0.717) is 0 Å². The molecule has 0 amide bonds. The van der Waals surface area contributed by atoms with Crippen LogP contribution in [-0.2, 0) is 6.42 Å². The lowest BCUT2D eigenvalue weighted by Crippen LogP contribution is -2.22. The normalized spacial score (nSPS) is 12.6. The molecule has 0 spiro atoms. The highest BCUT2D eigenvalue weighted by Gasteiger charge is 2.18. The Kier molecular flexibility index (Phi) is 5.88. The molecule has 1 heterocycles. The van der Waals surface area contributed by atoms with Gasteiger partial charge in [-0.2, -0.15) is 5.10 Å². The van der Waals surface area contributed by atoms with Crippen LogP contribution in [0.3, 0.4) is 0 Å². The Morgan fingerprint density at radius 2 is 1.95 bits per heavy atom. The standard InChI is InChI=1S/C17H25N3S/c1-4-11-21-17-16(12-14(18)5-2)13(3)19-20(17)15-9-7-6-8-10-15/h6-10,14H,4-5,11-12,18H2,1-3H3. The smallest absolute Gasteiger partial charge is 0.103 e. The van der Waals surface area contributed by atoms with Gasteiger partial charge in [0.1, 0.15) is 5.03 Å². The Labute approximate surface area is 131 Å². The lowest BCUT2D eigenvalue weighted by molar-refractivity contribution is 0.637. The van der Waals surface area contributed by atoms with Gasteiger partial charge in [-0.15, -0.1) is 11.8 Å². The molecule has 0 saturated carbocycles. The molecular formula is C17H25N3S. The van der Waals surface area contributed by atoms with Gasteiger partial charge in [0.2, 0.25) is 0 Å². The van der Waals surface area contributed by atoms with Gasteiger partial charge in [-0.3, -0.25) is 0 Å². The topological polar surface area (TPSA) is 43.8 Å². The quantitative estimate of drug-likeness (QED) is 0.787. The van der Waals surface area contributed by atoms with Crippen LogP contribution in [0.1, 0.15) is 37.9 Å². The Morgan fingerprint density at radius 3 is 2.57 bits per heavy atom. The molecule has 1 aromatic carbocycles. The molecule has 2 aromatic rings. The highest BCUT2D eigenvalue weighted by Crippen LogP contribution is 2.29. The van der Waals surface area contributed by atoms with Crippen LogP contribution in [0.5, 0.6) is 0 Å². The zero-order valence-corrected chi connectivity index (χ0v) is 14.0. The van der Waals surface area contributed by atoms with Crippen LogP contribution in [0.25, 0.3) is 5.69 Å². The minimum Gasteiger partial charge on any atom is -0.327 e. The molecule has 1 atom stereocenters. The molecule has 3 nitrogen and oxygen atoms in total. The van der Waals surface area contributed by atoms with Gasteiger partial charge in [-0.1, -0.05) is 32.0 Å². The summed E-state index contributed by atoms with van der Waals surface area (Å²) < 4.78 is 2.08. The van der Waals surface area contributed by atoms with E-state index >= 15 is 0 Å². The minimum absolute atomic E-state index is 0.207. The third kappa shape index (κ3) is 3.89. The summed E-state index contributed by atoms with van der Waals surface area (Å²) in [4.78, 5) is 0. The molecule has 4 heteroatoms. The lowest BCUT2D eigenvalue weighted by Gasteiger charge is -2.12. The van der Waals surface area contributed by atoms with Crippen LogP contribution in [0.15, 0.2) is 35.4 Å².